The number of aromatic nitrogens is 1. The van der Waals surface area contributed by atoms with Crippen molar-refractivity contribution in [3.8, 4) is 6.07 Å². The second-order valence-corrected chi connectivity index (χ2v) is 6.34. The second kappa shape index (κ2) is 7.77. The van der Waals surface area contributed by atoms with Crippen LogP contribution in [-0.4, -0.2) is 22.3 Å². The predicted molar refractivity (Wildman–Crippen MR) is 95.2 cm³/mol. The number of hydrogen-bond donors (Lipinski definition) is 2. The van der Waals surface area contributed by atoms with Crippen LogP contribution in [0.4, 0.5) is 5.69 Å². The number of nitriles is 1. The van der Waals surface area contributed by atoms with Crippen LogP contribution in [-0.2, 0) is 11.2 Å². The molecule has 0 atom stereocenters. The summed E-state index contributed by atoms with van der Waals surface area (Å²) < 4.78 is 0. The van der Waals surface area contributed by atoms with E-state index in [4.69, 9.17) is 16.9 Å². The van der Waals surface area contributed by atoms with Crippen LogP contribution < -0.4 is 10.6 Å². The highest BCUT2D eigenvalue weighted by atomic mass is 35.5. The molecular weight excluding hydrogens is 340 g/mol. The molecule has 0 radical (unpaired) electrons. The molecule has 0 aliphatic rings. The Hall–Kier alpha value is -2.91. The number of carbonyl (C=O) groups is 2. The SMILES string of the molecule is CC(C)(C#N)NC(=O)c1cc(NC(=O)Cc2ccccc2Cl)ccn1. The summed E-state index contributed by atoms with van der Waals surface area (Å²) in [5.74, 6) is -0.753. The van der Waals surface area contributed by atoms with E-state index < -0.39 is 11.4 Å². The van der Waals surface area contributed by atoms with E-state index in [1.807, 2.05) is 6.07 Å². The Morgan fingerprint density at radius 1 is 1.28 bits per heavy atom. The van der Waals surface area contributed by atoms with Crippen molar-refractivity contribution in [2.45, 2.75) is 25.8 Å². The standard InChI is InChI=1S/C18H17ClN4O2/c1-18(2,11-20)23-17(25)15-10-13(7-8-21-15)22-16(24)9-12-5-3-4-6-14(12)19/h3-8,10H,9H2,1-2H3,(H,23,25)(H,21,22,24). The molecule has 0 unspecified atom stereocenters. The van der Waals surface area contributed by atoms with Gasteiger partial charge in [-0.25, -0.2) is 0 Å². The molecule has 1 aromatic carbocycles. The molecule has 0 saturated carbocycles. The van der Waals surface area contributed by atoms with E-state index in [0.717, 1.165) is 0 Å². The van der Waals surface area contributed by atoms with Crippen LogP contribution in [0, 0.1) is 11.3 Å². The minimum atomic E-state index is -1.01. The average Bonchev–Trinajstić information content (AvgIpc) is 2.57. The molecule has 1 aromatic heterocycles. The predicted octanol–water partition coefficient (Wildman–Crippen LogP) is 2.95. The van der Waals surface area contributed by atoms with Gasteiger partial charge >= 0.3 is 0 Å². The Kier molecular flexibility index (Phi) is 5.73. The maximum absolute atomic E-state index is 12.2. The second-order valence-electron chi connectivity index (χ2n) is 5.94. The van der Waals surface area contributed by atoms with Crippen molar-refractivity contribution in [3.05, 3.63) is 58.9 Å². The first-order chi connectivity index (χ1) is 11.8. The molecule has 2 amide bonds. The third-order valence-electron chi connectivity index (χ3n) is 3.29. The topological polar surface area (TPSA) is 94.9 Å². The van der Waals surface area contributed by atoms with Crippen molar-refractivity contribution in [1.29, 1.82) is 5.26 Å². The highest BCUT2D eigenvalue weighted by Gasteiger charge is 2.21. The van der Waals surface area contributed by atoms with Crippen molar-refractivity contribution in [2.24, 2.45) is 0 Å². The molecule has 6 nitrogen and oxygen atoms in total. The quantitative estimate of drug-likeness (QED) is 0.861. The number of hydrogen-bond acceptors (Lipinski definition) is 4. The first-order valence-corrected chi connectivity index (χ1v) is 7.91. The summed E-state index contributed by atoms with van der Waals surface area (Å²) in [6.45, 7) is 3.17. The number of nitrogens with zero attached hydrogens (tertiary/aromatic N) is 2. The van der Waals surface area contributed by atoms with Crippen LogP contribution in [0.1, 0.15) is 29.9 Å². The fourth-order valence-electron chi connectivity index (χ4n) is 2.03. The zero-order valence-electron chi connectivity index (χ0n) is 13.8. The number of benzene rings is 1. The minimum absolute atomic E-state index is 0.110. The monoisotopic (exact) mass is 356 g/mol. The van der Waals surface area contributed by atoms with Crippen LogP contribution in [0.5, 0.6) is 0 Å². The summed E-state index contributed by atoms with van der Waals surface area (Å²) in [6.07, 6.45) is 1.53. The maximum Gasteiger partial charge on any atom is 0.271 e. The van der Waals surface area contributed by atoms with Gasteiger partial charge in [0.05, 0.1) is 12.5 Å². The van der Waals surface area contributed by atoms with Crippen LogP contribution in [0.25, 0.3) is 0 Å². The molecule has 0 aliphatic carbocycles. The fraction of sp³-hybridized carbons (Fsp3) is 0.222. The smallest absolute Gasteiger partial charge is 0.271 e. The number of rotatable bonds is 5. The van der Waals surface area contributed by atoms with Crippen LogP contribution in [0.15, 0.2) is 42.6 Å². The summed E-state index contributed by atoms with van der Waals surface area (Å²) in [5.41, 5.74) is 0.248. The Balaban J connectivity index is 2.06. The van der Waals surface area contributed by atoms with Crippen molar-refractivity contribution in [3.63, 3.8) is 0 Å². The van der Waals surface area contributed by atoms with Crippen LogP contribution >= 0.6 is 11.6 Å². The molecule has 7 heteroatoms. The Bertz CT molecular complexity index is 843. The van der Waals surface area contributed by atoms with Gasteiger partial charge in [-0.1, -0.05) is 29.8 Å². The minimum Gasteiger partial charge on any atom is -0.333 e. The number of nitrogens with one attached hydrogen (secondary N) is 2. The lowest BCUT2D eigenvalue weighted by molar-refractivity contribution is -0.115. The Labute approximate surface area is 150 Å². The summed E-state index contributed by atoms with van der Waals surface area (Å²) in [5, 5.41) is 14.8. The maximum atomic E-state index is 12.2. The van der Waals surface area contributed by atoms with Crippen molar-refractivity contribution >= 4 is 29.1 Å². The number of carbonyl (C=O) groups excluding carboxylic acids is 2. The number of anilines is 1. The van der Waals surface area contributed by atoms with E-state index in [9.17, 15) is 9.59 Å². The molecule has 0 bridgehead atoms. The first kappa shape index (κ1) is 18.4. The van der Waals surface area contributed by atoms with Gasteiger partial charge < -0.3 is 10.6 Å². The molecule has 2 N–H and O–H groups in total. The third-order valence-corrected chi connectivity index (χ3v) is 3.66. The largest absolute Gasteiger partial charge is 0.333 e. The highest BCUT2D eigenvalue weighted by molar-refractivity contribution is 6.31. The third kappa shape index (κ3) is 5.30. The highest BCUT2D eigenvalue weighted by Crippen LogP contribution is 2.16. The number of amides is 2. The van der Waals surface area contributed by atoms with Gasteiger partial charge in [0.25, 0.3) is 5.91 Å². The molecule has 2 rings (SSSR count). The molecular formula is C18H17ClN4O2. The Morgan fingerprint density at radius 3 is 2.68 bits per heavy atom. The van der Waals surface area contributed by atoms with E-state index in [1.165, 1.54) is 12.3 Å². The zero-order chi connectivity index (χ0) is 18.4. The number of halogens is 1. The molecule has 128 valence electrons. The van der Waals surface area contributed by atoms with E-state index in [-0.39, 0.29) is 18.0 Å². The summed E-state index contributed by atoms with van der Waals surface area (Å²) in [6, 6.07) is 12.1. The zero-order valence-corrected chi connectivity index (χ0v) is 14.6. The first-order valence-electron chi connectivity index (χ1n) is 7.54. The van der Waals surface area contributed by atoms with Gasteiger partial charge in [-0.3, -0.25) is 14.6 Å². The molecule has 0 fully saturated rings. The average molecular weight is 357 g/mol. The normalized spacial score (nSPS) is 10.6. The Morgan fingerprint density at radius 2 is 2.00 bits per heavy atom. The van der Waals surface area contributed by atoms with E-state index >= 15 is 0 Å². The number of pyridine rings is 1. The van der Waals surface area contributed by atoms with Gasteiger partial charge in [0.15, 0.2) is 0 Å². The van der Waals surface area contributed by atoms with Gasteiger partial charge in [0.2, 0.25) is 5.91 Å². The van der Waals surface area contributed by atoms with Crippen LogP contribution in [0.3, 0.4) is 0 Å². The summed E-state index contributed by atoms with van der Waals surface area (Å²) in [7, 11) is 0. The molecule has 0 spiro atoms. The lowest BCUT2D eigenvalue weighted by Crippen LogP contribution is -2.42. The molecule has 25 heavy (non-hydrogen) atoms. The molecule has 1 heterocycles. The van der Waals surface area contributed by atoms with E-state index in [0.29, 0.717) is 16.3 Å². The van der Waals surface area contributed by atoms with Gasteiger partial charge in [-0.05, 0) is 37.6 Å². The van der Waals surface area contributed by atoms with Gasteiger partial charge in [0.1, 0.15) is 11.2 Å². The van der Waals surface area contributed by atoms with E-state index in [2.05, 4.69) is 15.6 Å². The molecule has 0 aliphatic heterocycles. The lowest BCUT2D eigenvalue weighted by atomic mass is 10.1. The van der Waals surface area contributed by atoms with Gasteiger partial charge in [-0.15, -0.1) is 0 Å². The van der Waals surface area contributed by atoms with E-state index in [1.54, 1.807) is 44.2 Å². The summed E-state index contributed by atoms with van der Waals surface area (Å²) in [4.78, 5) is 28.3. The fourth-order valence-corrected chi connectivity index (χ4v) is 2.23. The van der Waals surface area contributed by atoms with Gasteiger partial charge in [-0.2, -0.15) is 5.26 Å². The van der Waals surface area contributed by atoms with Crippen molar-refractivity contribution in [2.75, 3.05) is 5.32 Å². The molecule has 2 aromatic rings. The molecule has 0 saturated heterocycles. The van der Waals surface area contributed by atoms with Crippen molar-refractivity contribution in [1.82, 2.24) is 10.3 Å². The van der Waals surface area contributed by atoms with Gasteiger partial charge in [0, 0.05) is 16.9 Å². The lowest BCUT2D eigenvalue weighted by Gasteiger charge is -2.17. The van der Waals surface area contributed by atoms with Crippen LogP contribution in [0.2, 0.25) is 5.02 Å². The summed E-state index contributed by atoms with van der Waals surface area (Å²) >= 11 is 6.04. The van der Waals surface area contributed by atoms with Crippen molar-refractivity contribution < 1.29 is 9.59 Å².